The van der Waals surface area contributed by atoms with Crippen LogP contribution in [0.2, 0.25) is 0 Å². The monoisotopic (exact) mass is 221 g/mol. The van der Waals surface area contributed by atoms with Crippen LogP contribution < -0.4 is 10.1 Å². The van der Waals surface area contributed by atoms with Crippen LogP contribution in [-0.2, 0) is 6.42 Å². The number of methoxy groups -OCH3 is 1. The molecule has 2 rings (SSSR count). The van der Waals surface area contributed by atoms with Gasteiger partial charge in [-0.3, -0.25) is 0 Å². The number of aromatic hydroxyl groups is 1. The summed E-state index contributed by atoms with van der Waals surface area (Å²) < 4.78 is 5.18. The van der Waals surface area contributed by atoms with Crippen molar-refractivity contribution in [3.05, 3.63) is 23.3 Å². The first kappa shape index (κ1) is 11.3. The fourth-order valence-corrected chi connectivity index (χ4v) is 2.32. The van der Waals surface area contributed by atoms with Gasteiger partial charge < -0.3 is 15.2 Å². The Morgan fingerprint density at radius 1 is 1.50 bits per heavy atom. The molecule has 3 heteroatoms. The van der Waals surface area contributed by atoms with Crippen LogP contribution in [0.1, 0.15) is 17.5 Å². The lowest BCUT2D eigenvalue weighted by atomic mass is 9.96. The summed E-state index contributed by atoms with van der Waals surface area (Å²) in [6, 6.07) is 3.91. The van der Waals surface area contributed by atoms with Gasteiger partial charge in [0.25, 0.3) is 0 Å². The van der Waals surface area contributed by atoms with Gasteiger partial charge in [0.1, 0.15) is 11.5 Å². The van der Waals surface area contributed by atoms with Crippen molar-refractivity contribution in [1.29, 1.82) is 0 Å². The highest BCUT2D eigenvalue weighted by Gasteiger charge is 2.18. The Kier molecular flexibility index (Phi) is 3.34. The second-order valence-electron chi connectivity index (χ2n) is 4.46. The Morgan fingerprint density at radius 3 is 2.94 bits per heavy atom. The highest BCUT2D eigenvalue weighted by Crippen LogP contribution is 2.32. The maximum Gasteiger partial charge on any atom is 0.125 e. The molecule has 1 saturated heterocycles. The van der Waals surface area contributed by atoms with Gasteiger partial charge in [0.05, 0.1) is 7.11 Å². The van der Waals surface area contributed by atoms with Gasteiger partial charge in [0.2, 0.25) is 0 Å². The smallest absolute Gasteiger partial charge is 0.125 e. The topological polar surface area (TPSA) is 41.5 Å². The van der Waals surface area contributed by atoms with Crippen molar-refractivity contribution in [2.45, 2.75) is 19.8 Å². The zero-order valence-corrected chi connectivity index (χ0v) is 9.92. The number of rotatable bonds is 3. The van der Waals surface area contributed by atoms with Gasteiger partial charge in [-0.25, -0.2) is 0 Å². The minimum Gasteiger partial charge on any atom is -0.507 e. The molecule has 2 N–H and O–H groups in total. The van der Waals surface area contributed by atoms with Crippen LogP contribution in [0.25, 0.3) is 0 Å². The zero-order chi connectivity index (χ0) is 11.5. The Hall–Kier alpha value is -1.22. The van der Waals surface area contributed by atoms with Crippen LogP contribution in [-0.4, -0.2) is 25.3 Å². The predicted molar refractivity (Wildman–Crippen MR) is 64.1 cm³/mol. The maximum absolute atomic E-state index is 10.1. The van der Waals surface area contributed by atoms with Crippen LogP contribution in [0, 0.1) is 12.8 Å². The first-order valence-corrected chi connectivity index (χ1v) is 5.78. The number of hydrogen-bond acceptors (Lipinski definition) is 3. The van der Waals surface area contributed by atoms with Crippen molar-refractivity contribution in [3.8, 4) is 11.5 Å². The van der Waals surface area contributed by atoms with E-state index in [1.807, 2.05) is 19.1 Å². The summed E-state index contributed by atoms with van der Waals surface area (Å²) in [7, 11) is 1.63. The minimum atomic E-state index is 0.395. The molecule has 1 heterocycles. The molecule has 16 heavy (non-hydrogen) atoms. The van der Waals surface area contributed by atoms with Gasteiger partial charge in [-0.1, -0.05) is 6.07 Å². The SMILES string of the molecule is COc1ccc(CC2CCNC2)c(O)c1C. The third kappa shape index (κ3) is 2.14. The lowest BCUT2D eigenvalue weighted by molar-refractivity contribution is 0.400. The second-order valence-corrected chi connectivity index (χ2v) is 4.46. The van der Waals surface area contributed by atoms with Crippen molar-refractivity contribution in [2.24, 2.45) is 5.92 Å². The van der Waals surface area contributed by atoms with E-state index in [1.54, 1.807) is 7.11 Å². The van der Waals surface area contributed by atoms with Crippen molar-refractivity contribution < 1.29 is 9.84 Å². The molecule has 88 valence electrons. The van der Waals surface area contributed by atoms with E-state index in [1.165, 1.54) is 6.42 Å². The van der Waals surface area contributed by atoms with Crippen LogP contribution >= 0.6 is 0 Å². The van der Waals surface area contributed by atoms with E-state index in [9.17, 15) is 5.11 Å². The van der Waals surface area contributed by atoms with Crippen molar-refractivity contribution in [1.82, 2.24) is 5.32 Å². The van der Waals surface area contributed by atoms with Gasteiger partial charge in [0.15, 0.2) is 0 Å². The number of nitrogens with one attached hydrogen (secondary N) is 1. The van der Waals surface area contributed by atoms with E-state index < -0.39 is 0 Å². The molecular formula is C13H19NO2. The predicted octanol–water partition coefficient (Wildman–Crippen LogP) is 1.86. The lowest BCUT2D eigenvalue weighted by Crippen LogP contribution is -2.11. The molecule has 1 aliphatic heterocycles. The second kappa shape index (κ2) is 4.74. The molecule has 0 spiro atoms. The summed E-state index contributed by atoms with van der Waals surface area (Å²) in [4.78, 5) is 0. The minimum absolute atomic E-state index is 0.395. The molecule has 3 nitrogen and oxygen atoms in total. The summed E-state index contributed by atoms with van der Waals surface area (Å²) in [5, 5.41) is 13.4. The largest absolute Gasteiger partial charge is 0.507 e. The molecule has 0 amide bonds. The van der Waals surface area contributed by atoms with Gasteiger partial charge in [0, 0.05) is 5.56 Å². The first-order chi connectivity index (χ1) is 7.72. The van der Waals surface area contributed by atoms with E-state index >= 15 is 0 Å². The molecule has 1 aromatic carbocycles. The summed E-state index contributed by atoms with van der Waals surface area (Å²) in [5.41, 5.74) is 1.87. The number of hydrogen-bond donors (Lipinski definition) is 2. The van der Waals surface area contributed by atoms with Crippen LogP contribution in [0.15, 0.2) is 12.1 Å². The highest BCUT2D eigenvalue weighted by atomic mass is 16.5. The van der Waals surface area contributed by atoms with Gasteiger partial charge in [-0.2, -0.15) is 0 Å². The van der Waals surface area contributed by atoms with E-state index in [0.717, 1.165) is 36.4 Å². The summed E-state index contributed by atoms with van der Waals surface area (Å²) in [6.45, 7) is 4.05. The Labute approximate surface area is 96.4 Å². The molecule has 0 radical (unpaired) electrons. The number of ether oxygens (including phenoxy) is 1. The van der Waals surface area contributed by atoms with E-state index in [2.05, 4.69) is 5.32 Å². The van der Waals surface area contributed by atoms with Crippen molar-refractivity contribution >= 4 is 0 Å². The molecule has 0 bridgehead atoms. The molecule has 1 atom stereocenters. The fourth-order valence-electron chi connectivity index (χ4n) is 2.32. The zero-order valence-electron chi connectivity index (χ0n) is 9.92. The van der Waals surface area contributed by atoms with Crippen molar-refractivity contribution in [3.63, 3.8) is 0 Å². The molecule has 1 unspecified atom stereocenters. The number of benzene rings is 1. The molecule has 1 fully saturated rings. The third-order valence-corrected chi connectivity index (χ3v) is 3.36. The van der Waals surface area contributed by atoms with Crippen molar-refractivity contribution in [2.75, 3.05) is 20.2 Å². The van der Waals surface area contributed by atoms with Gasteiger partial charge in [-0.15, -0.1) is 0 Å². The Morgan fingerprint density at radius 2 is 2.31 bits per heavy atom. The Bertz CT molecular complexity index is 370. The molecule has 0 saturated carbocycles. The fraction of sp³-hybridized carbons (Fsp3) is 0.538. The summed E-state index contributed by atoms with van der Waals surface area (Å²) >= 11 is 0. The van der Waals surface area contributed by atoms with E-state index in [-0.39, 0.29) is 0 Å². The molecule has 0 aromatic heterocycles. The van der Waals surface area contributed by atoms with E-state index in [4.69, 9.17) is 4.74 Å². The van der Waals surface area contributed by atoms with E-state index in [0.29, 0.717) is 11.7 Å². The molecule has 1 aliphatic rings. The Balaban J connectivity index is 2.18. The lowest BCUT2D eigenvalue weighted by Gasteiger charge is -2.13. The average Bonchev–Trinajstić information content (AvgIpc) is 2.78. The molecular weight excluding hydrogens is 202 g/mol. The number of phenolic OH excluding ortho intramolecular Hbond substituents is 1. The normalized spacial score (nSPS) is 20.0. The third-order valence-electron chi connectivity index (χ3n) is 3.36. The van der Waals surface area contributed by atoms with Gasteiger partial charge >= 0.3 is 0 Å². The molecule has 0 aliphatic carbocycles. The average molecular weight is 221 g/mol. The van der Waals surface area contributed by atoms with Crippen LogP contribution in [0.3, 0.4) is 0 Å². The number of phenols is 1. The first-order valence-electron chi connectivity index (χ1n) is 5.78. The summed E-state index contributed by atoms with van der Waals surface area (Å²) in [5.74, 6) is 1.80. The quantitative estimate of drug-likeness (QED) is 0.818. The van der Waals surface area contributed by atoms with Crippen LogP contribution in [0.4, 0.5) is 0 Å². The molecule has 1 aromatic rings. The maximum atomic E-state index is 10.1. The summed E-state index contributed by atoms with van der Waals surface area (Å²) in [6.07, 6.45) is 2.15. The standard InChI is InChI=1S/C13H19NO2/c1-9-12(16-2)4-3-11(13(9)15)7-10-5-6-14-8-10/h3-4,10,14-15H,5-8H2,1-2H3. The van der Waals surface area contributed by atoms with Gasteiger partial charge in [-0.05, 0) is 50.4 Å². The van der Waals surface area contributed by atoms with Crippen LogP contribution in [0.5, 0.6) is 11.5 Å². The highest BCUT2D eigenvalue weighted by molar-refractivity contribution is 5.48.